The molecule has 20 heavy (non-hydrogen) atoms. The molecule has 1 aromatic carbocycles. The van der Waals surface area contributed by atoms with Gasteiger partial charge in [-0.05, 0) is 31.9 Å². The van der Waals surface area contributed by atoms with Gasteiger partial charge in [0.1, 0.15) is 0 Å². The summed E-state index contributed by atoms with van der Waals surface area (Å²) < 4.78 is 0. The quantitative estimate of drug-likeness (QED) is 0.858. The number of ketones is 1. The van der Waals surface area contributed by atoms with Gasteiger partial charge in [0.15, 0.2) is 5.78 Å². The minimum Gasteiger partial charge on any atom is -0.388 e. The van der Waals surface area contributed by atoms with E-state index >= 15 is 0 Å². The van der Waals surface area contributed by atoms with Crippen molar-refractivity contribution in [2.75, 3.05) is 13.6 Å². The minimum absolute atomic E-state index is 0.0161. The molecule has 4 nitrogen and oxygen atoms in total. The molecule has 1 N–H and O–H groups in total. The molecular formula is C16H21NO3. The lowest BCUT2D eigenvalue weighted by Gasteiger charge is -2.28. The van der Waals surface area contributed by atoms with Crippen LogP contribution in [0.2, 0.25) is 0 Å². The van der Waals surface area contributed by atoms with Crippen molar-refractivity contribution in [2.24, 2.45) is 0 Å². The van der Waals surface area contributed by atoms with Crippen LogP contribution in [0.25, 0.3) is 0 Å². The van der Waals surface area contributed by atoms with Gasteiger partial charge in [0.25, 0.3) is 5.91 Å². The van der Waals surface area contributed by atoms with Gasteiger partial charge in [-0.1, -0.05) is 25.0 Å². The van der Waals surface area contributed by atoms with Gasteiger partial charge in [0, 0.05) is 24.7 Å². The van der Waals surface area contributed by atoms with E-state index in [1.165, 1.54) is 6.92 Å². The third-order valence-electron chi connectivity index (χ3n) is 3.95. The summed E-state index contributed by atoms with van der Waals surface area (Å²) in [5.74, 6) is -0.141. The zero-order valence-electron chi connectivity index (χ0n) is 12.1. The van der Waals surface area contributed by atoms with Gasteiger partial charge in [-0.3, -0.25) is 9.59 Å². The zero-order valence-corrected chi connectivity index (χ0v) is 12.1. The first-order valence-electron chi connectivity index (χ1n) is 7.00. The maximum Gasteiger partial charge on any atom is 0.253 e. The fourth-order valence-electron chi connectivity index (χ4n) is 2.77. The van der Waals surface area contributed by atoms with Crippen molar-refractivity contribution in [3.05, 3.63) is 35.4 Å². The standard InChI is InChI=1S/C16H21NO3/c1-12(18)13-5-7-14(8-6-13)15(19)17(2)11-16(20)9-3-4-10-16/h5-8,20H,3-4,9-11H2,1-2H3. The first kappa shape index (κ1) is 14.7. The topological polar surface area (TPSA) is 57.6 Å². The van der Waals surface area contributed by atoms with Gasteiger partial charge in [-0.25, -0.2) is 0 Å². The zero-order chi connectivity index (χ0) is 14.8. The van der Waals surface area contributed by atoms with Crippen LogP contribution in [0, 0.1) is 0 Å². The summed E-state index contributed by atoms with van der Waals surface area (Å²) in [4.78, 5) is 25.1. The number of hydrogen-bond donors (Lipinski definition) is 1. The number of Topliss-reactive ketones (excluding diaryl/α,β-unsaturated/α-hetero) is 1. The van der Waals surface area contributed by atoms with Crippen molar-refractivity contribution in [2.45, 2.75) is 38.2 Å². The number of rotatable bonds is 4. The number of amides is 1. The Kier molecular flexibility index (Phi) is 4.23. The Balaban J connectivity index is 2.04. The maximum atomic E-state index is 12.3. The lowest BCUT2D eigenvalue weighted by Crippen LogP contribution is -2.42. The molecule has 1 fully saturated rings. The lowest BCUT2D eigenvalue weighted by molar-refractivity contribution is 0.0157. The highest BCUT2D eigenvalue weighted by atomic mass is 16.3. The number of benzene rings is 1. The predicted octanol–water partition coefficient (Wildman–Crippen LogP) is 2.27. The van der Waals surface area contributed by atoms with Crippen LogP contribution in [0.4, 0.5) is 0 Å². The molecule has 2 rings (SSSR count). The molecule has 0 aromatic heterocycles. The van der Waals surface area contributed by atoms with E-state index in [9.17, 15) is 14.7 Å². The molecule has 108 valence electrons. The second-order valence-electron chi connectivity index (χ2n) is 5.73. The second-order valence-corrected chi connectivity index (χ2v) is 5.73. The van der Waals surface area contributed by atoms with Gasteiger partial charge in [0.05, 0.1) is 5.60 Å². The van der Waals surface area contributed by atoms with Gasteiger partial charge in [-0.15, -0.1) is 0 Å². The molecular weight excluding hydrogens is 254 g/mol. The molecule has 0 radical (unpaired) electrons. The Morgan fingerprint density at radius 2 is 1.65 bits per heavy atom. The van der Waals surface area contributed by atoms with Crippen molar-refractivity contribution in [3.63, 3.8) is 0 Å². The van der Waals surface area contributed by atoms with Crippen LogP contribution in [0.3, 0.4) is 0 Å². The SMILES string of the molecule is CC(=O)c1ccc(C(=O)N(C)CC2(O)CCCC2)cc1. The molecule has 1 amide bonds. The van der Waals surface area contributed by atoms with Crippen LogP contribution >= 0.6 is 0 Å². The highest BCUT2D eigenvalue weighted by Gasteiger charge is 2.33. The van der Waals surface area contributed by atoms with E-state index in [-0.39, 0.29) is 11.7 Å². The molecule has 0 atom stereocenters. The average Bonchev–Trinajstić information content (AvgIpc) is 2.84. The van der Waals surface area contributed by atoms with E-state index in [1.807, 2.05) is 0 Å². The Morgan fingerprint density at radius 1 is 1.15 bits per heavy atom. The number of aliphatic hydroxyl groups is 1. The summed E-state index contributed by atoms with van der Waals surface area (Å²) >= 11 is 0. The van der Waals surface area contributed by atoms with Crippen molar-refractivity contribution in [1.29, 1.82) is 0 Å². The summed E-state index contributed by atoms with van der Waals surface area (Å²) in [5, 5.41) is 10.3. The number of nitrogens with zero attached hydrogens (tertiary/aromatic N) is 1. The van der Waals surface area contributed by atoms with Crippen molar-refractivity contribution >= 4 is 11.7 Å². The molecule has 0 heterocycles. The van der Waals surface area contributed by atoms with Crippen LogP contribution < -0.4 is 0 Å². The molecule has 0 spiro atoms. The van der Waals surface area contributed by atoms with Crippen molar-refractivity contribution < 1.29 is 14.7 Å². The molecule has 4 heteroatoms. The normalized spacial score (nSPS) is 16.9. The Morgan fingerprint density at radius 3 is 2.15 bits per heavy atom. The summed E-state index contributed by atoms with van der Waals surface area (Å²) in [6.07, 6.45) is 3.56. The molecule has 1 aliphatic rings. The van der Waals surface area contributed by atoms with Gasteiger partial charge in [0.2, 0.25) is 0 Å². The van der Waals surface area contributed by atoms with Crippen molar-refractivity contribution in [1.82, 2.24) is 4.90 Å². The van der Waals surface area contributed by atoms with Gasteiger partial charge >= 0.3 is 0 Å². The van der Waals surface area contributed by atoms with Crippen LogP contribution in [-0.4, -0.2) is 40.9 Å². The van der Waals surface area contributed by atoms with E-state index in [2.05, 4.69) is 0 Å². The van der Waals surface area contributed by atoms with Crippen LogP contribution in [0.5, 0.6) is 0 Å². The van der Waals surface area contributed by atoms with Gasteiger partial charge < -0.3 is 10.0 Å². The first-order chi connectivity index (χ1) is 9.41. The Hall–Kier alpha value is -1.68. The van der Waals surface area contributed by atoms with Crippen LogP contribution in [0.1, 0.15) is 53.3 Å². The van der Waals surface area contributed by atoms with E-state index in [0.717, 1.165) is 25.7 Å². The molecule has 1 aliphatic carbocycles. The fraction of sp³-hybridized carbons (Fsp3) is 0.500. The highest BCUT2D eigenvalue weighted by Crippen LogP contribution is 2.30. The van der Waals surface area contributed by atoms with Crippen molar-refractivity contribution in [3.8, 4) is 0 Å². The molecule has 0 saturated heterocycles. The molecule has 1 saturated carbocycles. The third-order valence-corrected chi connectivity index (χ3v) is 3.95. The van der Waals surface area contributed by atoms with E-state index in [1.54, 1.807) is 36.2 Å². The summed E-state index contributed by atoms with van der Waals surface area (Å²) in [5.41, 5.74) is 0.404. The molecule has 0 aliphatic heterocycles. The summed E-state index contributed by atoms with van der Waals surface area (Å²) in [6.45, 7) is 1.86. The smallest absolute Gasteiger partial charge is 0.253 e. The average molecular weight is 275 g/mol. The maximum absolute atomic E-state index is 12.3. The first-order valence-corrected chi connectivity index (χ1v) is 7.00. The number of carbonyl (C=O) groups is 2. The van der Waals surface area contributed by atoms with Gasteiger partial charge in [-0.2, -0.15) is 0 Å². The Labute approximate surface area is 119 Å². The molecule has 0 unspecified atom stereocenters. The van der Waals surface area contributed by atoms with Crippen LogP contribution in [-0.2, 0) is 0 Å². The van der Waals surface area contributed by atoms with E-state index in [0.29, 0.717) is 17.7 Å². The fourth-order valence-corrected chi connectivity index (χ4v) is 2.77. The molecule has 0 bridgehead atoms. The minimum atomic E-state index is -0.732. The van der Waals surface area contributed by atoms with E-state index < -0.39 is 5.60 Å². The van der Waals surface area contributed by atoms with Crippen LogP contribution in [0.15, 0.2) is 24.3 Å². The lowest BCUT2D eigenvalue weighted by atomic mass is 10.0. The summed E-state index contributed by atoms with van der Waals surface area (Å²) in [7, 11) is 1.71. The predicted molar refractivity (Wildman–Crippen MR) is 76.8 cm³/mol. The number of hydrogen-bond acceptors (Lipinski definition) is 3. The monoisotopic (exact) mass is 275 g/mol. The largest absolute Gasteiger partial charge is 0.388 e. The van der Waals surface area contributed by atoms with E-state index in [4.69, 9.17) is 0 Å². The second kappa shape index (κ2) is 5.75. The molecule has 1 aromatic rings. The number of carbonyl (C=O) groups excluding carboxylic acids is 2. The highest BCUT2D eigenvalue weighted by molar-refractivity contribution is 5.97. The third kappa shape index (κ3) is 3.25. The number of likely N-dealkylation sites (N-methyl/N-ethyl adjacent to an activating group) is 1. The Bertz CT molecular complexity index is 501. The summed E-state index contributed by atoms with van der Waals surface area (Å²) in [6, 6.07) is 6.64.